The Balaban J connectivity index is 2.24. The highest BCUT2D eigenvalue weighted by Gasteiger charge is 2.30. The normalized spacial score (nSPS) is 12.5. The van der Waals surface area contributed by atoms with Gasteiger partial charge in [-0.2, -0.15) is 0 Å². The number of carbonyl (C=O) groups excluding carboxylic acids is 2. The third kappa shape index (κ3) is 18.4. The average Bonchev–Trinajstić information content (AvgIpc) is 3.17. The number of rotatable bonds is 30. The third-order valence-corrected chi connectivity index (χ3v) is 9.79. The number of nitro groups is 2. The van der Waals surface area contributed by atoms with Crippen molar-refractivity contribution in [2.24, 2.45) is 0 Å². The van der Waals surface area contributed by atoms with Crippen molar-refractivity contribution in [2.45, 2.75) is 156 Å². The van der Waals surface area contributed by atoms with Crippen molar-refractivity contribution in [3.05, 3.63) is 79.9 Å². The first-order valence-corrected chi connectivity index (χ1v) is 20.5. The lowest BCUT2D eigenvalue weighted by Gasteiger charge is -2.33. The van der Waals surface area contributed by atoms with Gasteiger partial charge in [0.25, 0.3) is 11.4 Å². The van der Waals surface area contributed by atoms with Gasteiger partial charge < -0.3 is 9.47 Å². The molecule has 2 aromatic carbocycles. The van der Waals surface area contributed by atoms with Crippen LogP contribution >= 0.6 is 0 Å². The standard InChI is InChI=1S/C42H66N4O8/c1-5-9-13-15-33-43(31-11-7-3)39(21-17-19-35-23-27-37(28-24-35)45(49)50)53-41(47)42(48)54-40(44(32-12-8-4)34-16-14-10-6-2)22-18-20-36-25-29-38(30-26-36)46(51)52/h23-30,39-40H,5-22,31-34H2,1-4H3. The van der Waals surface area contributed by atoms with Crippen LogP contribution in [0.1, 0.15) is 142 Å². The summed E-state index contributed by atoms with van der Waals surface area (Å²) in [7, 11) is 0. The van der Waals surface area contributed by atoms with Gasteiger partial charge in [-0.05, 0) is 75.3 Å². The van der Waals surface area contributed by atoms with Gasteiger partial charge >= 0.3 is 11.9 Å². The predicted octanol–water partition coefficient (Wildman–Crippen LogP) is 9.95. The molecule has 2 unspecified atom stereocenters. The summed E-state index contributed by atoms with van der Waals surface area (Å²) in [6, 6.07) is 13.0. The van der Waals surface area contributed by atoms with E-state index in [1.54, 1.807) is 24.3 Å². The van der Waals surface area contributed by atoms with Crippen LogP contribution in [0.4, 0.5) is 11.4 Å². The molecular weight excluding hydrogens is 688 g/mol. The molecule has 0 aliphatic carbocycles. The average molecular weight is 755 g/mol. The topological polar surface area (TPSA) is 145 Å². The number of nitro benzene ring substituents is 2. The van der Waals surface area contributed by atoms with Gasteiger partial charge in [0.1, 0.15) is 0 Å². The number of unbranched alkanes of at least 4 members (excludes halogenated alkanes) is 8. The summed E-state index contributed by atoms with van der Waals surface area (Å²) < 4.78 is 12.1. The van der Waals surface area contributed by atoms with Crippen LogP contribution in [0.5, 0.6) is 0 Å². The van der Waals surface area contributed by atoms with Gasteiger partial charge in [-0.25, -0.2) is 9.59 Å². The zero-order valence-electron chi connectivity index (χ0n) is 33.4. The fourth-order valence-electron chi connectivity index (χ4n) is 6.51. The Bertz CT molecular complexity index is 1250. The molecule has 0 aliphatic heterocycles. The SMILES string of the molecule is CCCCCCN(CCCC)C(CCCc1ccc([N+](=O)[O-])cc1)OC(=O)C(=O)OC(CCCc1ccc([N+](=O)[O-])cc1)N(CCCC)CCCCCC. The van der Waals surface area contributed by atoms with Gasteiger partial charge in [-0.3, -0.25) is 30.0 Å². The largest absolute Gasteiger partial charge is 0.438 e. The van der Waals surface area contributed by atoms with Crippen molar-refractivity contribution in [1.29, 1.82) is 0 Å². The number of hydrogen-bond donors (Lipinski definition) is 0. The summed E-state index contributed by atoms with van der Waals surface area (Å²) in [5.74, 6) is -1.99. The third-order valence-electron chi connectivity index (χ3n) is 9.79. The summed E-state index contributed by atoms with van der Waals surface area (Å²) in [5, 5.41) is 22.2. The van der Waals surface area contributed by atoms with E-state index < -0.39 is 34.2 Å². The molecule has 302 valence electrons. The number of benzene rings is 2. The van der Waals surface area contributed by atoms with Gasteiger partial charge in [-0.15, -0.1) is 0 Å². The molecule has 0 fully saturated rings. The number of nitrogens with zero attached hydrogens (tertiary/aromatic N) is 4. The molecule has 0 radical (unpaired) electrons. The molecule has 2 rings (SSSR count). The van der Waals surface area contributed by atoms with Crippen LogP contribution in [0, 0.1) is 20.2 Å². The van der Waals surface area contributed by atoms with E-state index in [2.05, 4.69) is 37.5 Å². The second-order valence-corrected chi connectivity index (χ2v) is 14.3. The Morgan fingerprint density at radius 1 is 0.519 bits per heavy atom. The van der Waals surface area contributed by atoms with E-state index in [4.69, 9.17) is 9.47 Å². The molecule has 0 bridgehead atoms. The summed E-state index contributed by atoms with van der Waals surface area (Å²) in [6.45, 7) is 11.5. The minimum absolute atomic E-state index is 0.0424. The zero-order chi connectivity index (χ0) is 39.6. The Kier molecular flexibility index (Phi) is 23.7. The minimum atomic E-state index is -0.993. The molecule has 12 heteroatoms. The zero-order valence-corrected chi connectivity index (χ0v) is 33.4. The van der Waals surface area contributed by atoms with Crippen LogP contribution in [0.3, 0.4) is 0 Å². The summed E-state index contributed by atoms with van der Waals surface area (Å²) in [6.07, 6.45) is 14.7. The van der Waals surface area contributed by atoms with Gasteiger partial charge in [0.2, 0.25) is 0 Å². The lowest BCUT2D eigenvalue weighted by molar-refractivity contribution is -0.385. The molecule has 2 aromatic rings. The number of non-ortho nitro benzene ring substituents is 2. The molecule has 0 heterocycles. The molecule has 0 spiro atoms. The molecule has 0 saturated carbocycles. The van der Waals surface area contributed by atoms with Gasteiger partial charge in [0, 0.05) is 50.4 Å². The molecule has 0 N–H and O–H groups in total. The molecule has 0 aromatic heterocycles. The van der Waals surface area contributed by atoms with Gasteiger partial charge in [-0.1, -0.05) is 103 Å². The number of ether oxygens (including phenoxy) is 2. The van der Waals surface area contributed by atoms with Crippen LogP contribution in [0.15, 0.2) is 48.5 Å². The van der Waals surface area contributed by atoms with Crippen molar-refractivity contribution in [3.63, 3.8) is 0 Å². The van der Waals surface area contributed by atoms with Crippen molar-refractivity contribution in [3.8, 4) is 0 Å². The quantitative estimate of drug-likeness (QED) is 0.0189. The predicted molar refractivity (Wildman–Crippen MR) is 213 cm³/mol. The molecule has 0 saturated heterocycles. The molecule has 2 atom stereocenters. The first kappa shape index (κ1) is 46.3. The Hall–Kier alpha value is -3.90. The van der Waals surface area contributed by atoms with Crippen LogP contribution in [-0.2, 0) is 31.9 Å². The Labute approximate surface area is 323 Å². The highest BCUT2D eigenvalue weighted by atomic mass is 16.6. The number of carbonyl (C=O) groups is 2. The van der Waals surface area contributed by atoms with Gasteiger partial charge in [0.05, 0.1) is 9.85 Å². The molecule has 54 heavy (non-hydrogen) atoms. The minimum Gasteiger partial charge on any atom is -0.438 e. The van der Waals surface area contributed by atoms with Crippen LogP contribution in [0.2, 0.25) is 0 Å². The smallest absolute Gasteiger partial charge is 0.419 e. The van der Waals surface area contributed by atoms with Crippen molar-refractivity contribution in [2.75, 3.05) is 26.2 Å². The summed E-state index contributed by atoms with van der Waals surface area (Å²) in [5.41, 5.74) is 1.99. The second kappa shape index (κ2) is 27.6. The van der Waals surface area contributed by atoms with E-state index in [9.17, 15) is 29.8 Å². The highest BCUT2D eigenvalue weighted by Crippen LogP contribution is 2.21. The van der Waals surface area contributed by atoms with Crippen LogP contribution < -0.4 is 0 Å². The van der Waals surface area contributed by atoms with E-state index in [0.29, 0.717) is 38.5 Å². The van der Waals surface area contributed by atoms with E-state index in [0.717, 1.165) is 114 Å². The maximum atomic E-state index is 13.6. The Morgan fingerprint density at radius 3 is 1.17 bits per heavy atom. The fraction of sp³-hybridized carbons (Fsp3) is 0.667. The van der Waals surface area contributed by atoms with Crippen molar-refractivity contribution in [1.82, 2.24) is 9.80 Å². The second-order valence-electron chi connectivity index (χ2n) is 14.3. The first-order chi connectivity index (χ1) is 26.1. The lowest BCUT2D eigenvalue weighted by Crippen LogP contribution is -2.44. The maximum absolute atomic E-state index is 13.6. The number of aryl methyl sites for hydroxylation is 2. The van der Waals surface area contributed by atoms with Gasteiger partial charge in [0.15, 0.2) is 12.5 Å². The number of esters is 2. The summed E-state index contributed by atoms with van der Waals surface area (Å²) in [4.78, 5) is 53.0. The van der Waals surface area contributed by atoms with Crippen molar-refractivity contribution < 1.29 is 28.9 Å². The van der Waals surface area contributed by atoms with Crippen LogP contribution in [0.25, 0.3) is 0 Å². The number of hydrogen-bond acceptors (Lipinski definition) is 10. The maximum Gasteiger partial charge on any atom is 0.419 e. The lowest BCUT2D eigenvalue weighted by atomic mass is 10.1. The van der Waals surface area contributed by atoms with E-state index in [-0.39, 0.29) is 11.4 Å². The Morgan fingerprint density at radius 2 is 0.852 bits per heavy atom. The van der Waals surface area contributed by atoms with E-state index in [1.165, 1.54) is 24.3 Å². The fourth-order valence-corrected chi connectivity index (χ4v) is 6.51. The molecule has 12 nitrogen and oxygen atoms in total. The molecule has 0 aliphatic rings. The van der Waals surface area contributed by atoms with Crippen molar-refractivity contribution >= 4 is 23.3 Å². The van der Waals surface area contributed by atoms with Crippen LogP contribution in [-0.4, -0.2) is 70.2 Å². The first-order valence-electron chi connectivity index (χ1n) is 20.5. The highest BCUT2D eigenvalue weighted by molar-refractivity contribution is 6.29. The monoisotopic (exact) mass is 754 g/mol. The summed E-state index contributed by atoms with van der Waals surface area (Å²) >= 11 is 0. The molecule has 0 amide bonds. The van der Waals surface area contributed by atoms with E-state index >= 15 is 0 Å². The molecular formula is C42H66N4O8. The van der Waals surface area contributed by atoms with E-state index in [1.807, 2.05) is 0 Å².